The number of hydrogen-bond acceptors (Lipinski definition) is 4. The van der Waals surface area contributed by atoms with Crippen molar-refractivity contribution in [1.82, 2.24) is 10.2 Å². The molecule has 0 bridgehead atoms. The lowest BCUT2D eigenvalue weighted by Crippen LogP contribution is -2.52. The van der Waals surface area contributed by atoms with E-state index in [-0.39, 0.29) is 37.7 Å². The quantitative estimate of drug-likeness (QED) is 0.402. The molecule has 1 N–H and O–H groups in total. The van der Waals surface area contributed by atoms with Crippen LogP contribution >= 0.6 is 27.5 Å². The Morgan fingerprint density at radius 1 is 1.14 bits per heavy atom. The first-order valence-corrected chi connectivity index (χ1v) is 14.7. The van der Waals surface area contributed by atoms with Gasteiger partial charge in [0.2, 0.25) is 21.8 Å². The third-order valence-corrected chi connectivity index (χ3v) is 7.65. The van der Waals surface area contributed by atoms with Crippen molar-refractivity contribution in [3.8, 4) is 0 Å². The summed E-state index contributed by atoms with van der Waals surface area (Å²) in [5, 5.41) is 3.41. The van der Waals surface area contributed by atoms with Gasteiger partial charge in [0, 0.05) is 34.5 Å². The van der Waals surface area contributed by atoms with E-state index in [1.165, 1.54) is 9.21 Å². The number of rotatable bonds is 10. The molecule has 198 valence electrons. The Hall–Kier alpha value is -2.10. The second-order valence-electron chi connectivity index (χ2n) is 9.89. The van der Waals surface area contributed by atoms with Crippen molar-refractivity contribution < 1.29 is 18.0 Å². The van der Waals surface area contributed by atoms with Crippen molar-refractivity contribution in [3.05, 3.63) is 63.1 Å². The molecule has 0 heterocycles. The van der Waals surface area contributed by atoms with Crippen molar-refractivity contribution >= 4 is 55.1 Å². The molecule has 2 aromatic rings. The smallest absolute Gasteiger partial charge is 0.242 e. The molecule has 2 rings (SSSR count). The monoisotopic (exact) mass is 599 g/mol. The molecule has 36 heavy (non-hydrogen) atoms. The summed E-state index contributed by atoms with van der Waals surface area (Å²) < 4.78 is 27.2. The van der Waals surface area contributed by atoms with E-state index in [9.17, 15) is 18.0 Å². The molecule has 7 nitrogen and oxygen atoms in total. The number of anilines is 1. The van der Waals surface area contributed by atoms with Crippen LogP contribution in [0.5, 0.6) is 0 Å². The summed E-state index contributed by atoms with van der Waals surface area (Å²) in [7, 11) is -3.60. The molecule has 10 heteroatoms. The normalized spacial score (nSPS) is 12.7. The summed E-state index contributed by atoms with van der Waals surface area (Å²) in [6.45, 7) is 9.48. The topological polar surface area (TPSA) is 86.8 Å². The Labute approximate surface area is 228 Å². The van der Waals surface area contributed by atoms with Crippen molar-refractivity contribution in [2.24, 2.45) is 0 Å². The van der Waals surface area contributed by atoms with Gasteiger partial charge in [-0.2, -0.15) is 0 Å². The van der Waals surface area contributed by atoms with E-state index in [2.05, 4.69) is 21.2 Å². The highest BCUT2D eigenvalue weighted by atomic mass is 79.9. The largest absolute Gasteiger partial charge is 0.350 e. The van der Waals surface area contributed by atoms with Gasteiger partial charge in [-0.1, -0.05) is 45.7 Å². The van der Waals surface area contributed by atoms with E-state index in [1.807, 2.05) is 45.0 Å². The first kappa shape index (κ1) is 30.1. The van der Waals surface area contributed by atoms with E-state index in [1.54, 1.807) is 32.0 Å². The summed E-state index contributed by atoms with van der Waals surface area (Å²) in [5.41, 5.74) is 1.57. The van der Waals surface area contributed by atoms with Crippen LogP contribution in [-0.4, -0.2) is 49.5 Å². The predicted molar refractivity (Wildman–Crippen MR) is 150 cm³/mol. The van der Waals surface area contributed by atoms with Gasteiger partial charge in [0.15, 0.2) is 0 Å². The fraction of sp³-hybridized carbons (Fsp3) is 0.462. The SMILES string of the molecule is Cc1c(Cl)cccc1N(CCCC(=O)N(Cc1cccc(Br)c1)C(C)C(=O)NC(C)(C)C)S(C)(=O)=O. The second-order valence-corrected chi connectivity index (χ2v) is 13.1. The van der Waals surface area contributed by atoms with Gasteiger partial charge in [-0.05, 0) is 76.4 Å². The summed E-state index contributed by atoms with van der Waals surface area (Å²) in [4.78, 5) is 27.8. The summed E-state index contributed by atoms with van der Waals surface area (Å²) in [5.74, 6) is -0.485. The van der Waals surface area contributed by atoms with Crippen molar-refractivity contribution in [3.63, 3.8) is 0 Å². The third kappa shape index (κ3) is 8.78. The van der Waals surface area contributed by atoms with Crippen LogP contribution in [0.2, 0.25) is 5.02 Å². The van der Waals surface area contributed by atoms with Crippen LogP contribution in [0.1, 0.15) is 51.7 Å². The zero-order valence-corrected chi connectivity index (χ0v) is 24.8. The van der Waals surface area contributed by atoms with Gasteiger partial charge in [0.05, 0.1) is 11.9 Å². The third-order valence-electron chi connectivity index (χ3n) is 5.57. The van der Waals surface area contributed by atoms with Crippen LogP contribution in [0, 0.1) is 6.92 Å². The van der Waals surface area contributed by atoms with Crippen LogP contribution in [0.25, 0.3) is 0 Å². The van der Waals surface area contributed by atoms with Crippen molar-refractivity contribution in [2.45, 2.75) is 65.6 Å². The maximum absolute atomic E-state index is 13.4. The molecule has 0 aromatic heterocycles. The minimum absolute atomic E-state index is 0.0762. The number of nitrogens with zero attached hydrogens (tertiary/aromatic N) is 2. The molecule has 0 fully saturated rings. The van der Waals surface area contributed by atoms with Gasteiger partial charge in [0.25, 0.3) is 0 Å². The first-order chi connectivity index (χ1) is 16.6. The van der Waals surface area contributed by atoms with Crippen molar-refractivity contribution in [2.75, 3.05) is 17.1 Å². The molecule has 0 aliphatic heterocycles. The number of nitrogens with one attached hydrogen (secondary N) is 1. The van der Waals surface area contributed by atoms with Gasteiger partial charge in [-0.15, -0.1) is 0 Å². The molecular weight excluding hydrogens is 566 g/mol. The molecule has 2 amide bonds. The number of carbonyl (C=O) groups is 2. The minimum atomic E-state index is -3.60. The lowest BCUT2D eigenvalue weighted by molar-refractivity contribution is -0.141. The summed E-state index contributed by atoms with van der Waals surface area (Å²) >= 11 is 9.66. The molecule has 0 radical (unpaired) electrons. The zero-order chi connectivity index (χ0) is 27.3. The molecular formula is C26H35BrClN3O4S. The average molecular weight is 601 g/mol. The molecule has 0 saturated carbocycles. The molecule has 0 saturated heterocycles. The molecule has 1 atom stereocenters. The van der Waals surface area contributed by atoms with Crippen LogP contribution in [-0.2, 0) is 26.2 Å². The fourth-order valence-corrected chi connectivity index (χ4v) is 5.37. The Morgan fingerprint density at radius 2 is 1.78 bits per heavy atom. The van der Waals surface area contributed by atoms with Gasteiger partial charge in [-0.25, -0.2) is 8.42 Å². The van der Waals surface area contributed by atoms with E-state index in [0.29, 0.717) is 16.3 Å². The lowest BCUT2D eigenvalue weighted by Gasteiger charge is -2.32. The Kier molecular flexibility index (Phi) is 10.4. The molecule has 2 aromatic carbocycles. The van der Waals surface area contributed by atoms with E-state index in [0.717, 1.165) is 16.3 Å². The van der Waals surface area contributed by atoms with E-state index < -0.39 is 21.6 Å². The first-order valence-electron chi connectivity index (χ1n) is 11.7. The number of benzene rings is 2. The number of carbonyl (C=O) groups excluding carboxylic acids is 2. The second kappa shape index (κ2) is 12.4. The maximum atomic E-state index is 13.4. The molecule has 0 aliphatic rings. The molecule has 0 aliphatic carbocycles. The van der Waals surface area contributed by atoms with Crippen LogP contribution in [0.15, 0.2) is 46.9 Å². The fourth-order valence-electron chi connectivity index (χ4n) is 3.74. The van der Waals surface area contributed by atoms with E-state index >= 15 is 0 Å². The number of sulfonamides is 1. The molecule has 1 unspecified atom stereocenters. The Morgan fingerprint density at radius 3 is 2.36 bits per heavy atom. The minimum Gasteiger partial charge on any atom is -0.350 e. The number of amides is 2. The maximum Gasteiger partial charge on any atom is 0.242 e. The van der Waals surface area contributed by atoms with Gasteiger partial charge in [0.1, 0.15) is 6.04 Å². The lowest BCUT2D eigenvalue weighted by atomic mass is 10.1. The van der Waals surface area contributed by atoms with E-state index in [4.69, 9.17) is 11.6 Å². The van der Waals surface area contributed by atoms with Crippen LogP contribution in [0.3, 0.4) is 0 Å². The van der Waals surface area contributed by atoms with Gasteiger partial charge >= 0.3 is 0 Å². The van der Waals surface area contributed by atoms with Gasteiger partial charge < -0.3 is 10.2 Å². The zero-order valence-electron chi connectivity index (χ0n) is 21.6. The van der Waals surface area contributed by atoms with Crippen molar-refractivity contribution in [1.29, 1.82) is 0 Å². The standard InChI is InChI=1S/C26H35BrClN3O4S/c1-18-22(28)12-8-13-23(18)31(36(6,34)35)15-9-14-24(32)30(17-20-10-7-11-21(27)16-20)19(2)25(33)29-26(3,4)5/h7-8,10-13,16,19H,9,14-15,17H2,1-6H3,(H,29,33). The number of halogens is 2. The van der Waals surface area contributed by atoms with Gasteiger partial charge in [-0.3, -0.25) is 13.9 Å². The summed E-state index contributed by atoms with van der Waals surface area (Å²) in [6, 6.07) is 12.0. The number of hydrogen-bond donors (Lipinski definition) is 1. The Balaban J connectivity index is 2.23. The predicted octanol–water partition coefficient (Wildman–Crippen LogP) is 5.29. The Bertz CT molecular complexity index is 1200. The highest BCUT2D eigenvalue weighted by Gasteiger charge is 2.29. The van der Waals surface area contributed by atoms with Crippen LogP contribution < -0.4 is 9.62 Å². The summed E-state index contributed by atoms with van der Waals surface area (Å²) in [6.07, 6.45) is 1.49. The van der Waals surface area contributed by atoms with Crippen LogP contribution in [0.4, 0.5) is 5.69 Å². The average Bonchev–Trinajstić information content (AvgIpc) is 2.75. The highest BCUT2D eigenvalue weighted by molar-refractivity contribution is 9.10. The molecule has 0 spiro atoms. The highest BCUT2D eigenvalue weighted by Crippen LogP contribution is 2.28.